The molecule has 2 amide bonds. The lowest BCUT2D eigenvalue weighted by atomic mass is 10.1. The predicted octanol–water partition coefficient (Wildman–Crippen LogP) is 1.10. The number of furan rings is 1. The van der Waals surface area contributed by atoms with E-state index in [2.05, 4.69) is 15.6 Å². The molecule has 1 saturated heterocycles. The van der Waals surface area contributed by atoms with Crippen LogP contribution >= 0.6 is 0 Å². The van der Waals surface area contributed by atoms with Crippen molar-refractivity contribution in [3.8, 4) is 0 Å². The Hall–Kier alpha value is -3.57. The smallest absolute Gasteiger partial charge is 0.287 e. The number of aromatic nitrogens is 1. The molecule has 1 aliphatic heterocycles. The van der Waals surface area contributed by atoms with Gasteiger partial charge in [-0.2, -0.15) is 8.42 Å². The van der Waals surface area contributed by atoms with Crippen molar-refractivity contribution in [2.45, 2.75) is 23.9 Å². The largest absolute Gasteiger partial charge is 0.451 e. The molecule has 1 fully saturated rings. The van der Waals surface area contributed by atoms with Crippen LogP contribution in [0.15, 0.2) is 64.2 Å². The number of hydrogen-bond donors (Lipinski definition) is 2. The van der Waals surface area contributed by atoms with E-state index in [4.69, 9.17) is 4.42 Å². The van der Waals surface area contributed by atoms with Gasteiger partial charge in [-0.3, -0.25) is 14.4 Å². The van der Waals surface area contributed by atoms with Gasteiger partial charge < -0.3 is 15.1 Å². The van der Waals surface area contributed by atoms with Crippen LogP contribution < -0.4 is 10.6 Å². The highest BCUT2D eigenvalue weighted by Gasteiger charge is 2.40. The zero-order chi connectivity index (χ0) is 23.4. The van der Waals surface area contributed by atoms with Gasteiger partial charge in [-0.05, 0) is 43.7 Å². The lowest BCUT2D eigenvalue weighted by Crippen LogP contribution is -2.52. The van der Waals surface area contributed by atoms with Crippen LogP contribution in [0.2, 0.25) is 0 Å². The van der Waals surface area contributed by atoms with E-state index in [1.165, 1.54) is 24.4 Å². The van der Waals surface area contributed by atoms with Crippen LogP contribution in [-0.4, -0.2) is 61.0 Å². The Bertz CT molecular complexity index is 1260. The van der Waals surface area contributed by atoms with Crippen LogP contribution in [0.5, 0.6) is 0 Å². The number of rotatable bonds is 6. The first-order valence-electron chi connectivity index (χ1n) is 10.4. The molecule has 4 rings (SSSR count). The summed E-state index contributed by atoms with van der Waals surface area (Å²) in [6.07, 6.45) is 1.96. The summed E-state index contributed by atoms with van der Waals surface area (Å²) >= 11 is 0. The van der Waals surface area contributed by atoms with Crippen molar-refractivity contribution in [2.75, 3.05) is 19.6 Å². The van der Waals surface area contributed by atoms with E-state index in [0.717, 1.165) is 0 Å². The number of hydrogen-bond acceptors (Lipinski definition) is 8. The van der Waals surface area contributed by atoms with Crippen molar-refractivity contribution in [2.24, 2.45) is 0 Å². The molecular formula is C22H22N4O6S. The Balaban J connectivity index is 1.58. The molecule has 2 N–H and O–H groups in total. The number of nitrogens with zero attached hydrogens (tertiary/aromatic N) is 2. The summed E-state index contributed by atoms with van der Waals surface area (Å²) < 4.78 is 32.6. The fraction of sp³-hybridized carbons (Fsp3) is 0.273. The molecule has 0 saturated carbocycles. The van der Waals surface area contributed by atoms with Crippen LogP contribution in [0.4, 0.5) is 0 Å². The molecule has 172 valence electrons. The fourth-order valence-electron chi connectivity index (χ4n) is 3.65. The topological polar surface area (TPSA) is 139 Å². The zero-order valence-electron chi connectivity index (χ0n) is 17.6. The van der Waals surface area contributed by atoms with Crippen molar-refractivity contribution in [3.63, 3.8) is 0 Å². The maximum Gasteiger partial charge on any atom is 0.287 e. The van der Waals surface area contributed by atoms with Crippen molar-refractivity contribution in [1.29, 1.82) is 0 Å². The van der Waals surface area contributed by atoms with E-state index in [0.29, 0.717) is 28.2 Å². The van der Waals surface area contributed by atoms with Gasteiger partial charge in [0.05, 0.1) is 13.1 Å². The van der Waals surface area contributed by atoms with E-state index < -0.39 is 40.2 Å². The molecular weight excluding hydrogens is 448 g/mol. The number of pyridine rings is 1. The second-order valence-corrected chi connectivity index (χ2v) is 9.26. The second kappa shape index (κ2) is 9.51. The van der Waals surface area contributed by atoms with Crippen LogP contribution in [0.1, 0.15) is 23.4 Å². The van der Waals surface area contributed by atoms with Crippen LogP contribution in [-0.2, 0) is 19.6 Å². The Labute approximate surface area is 190 Å². The number of ketones is 1. The SMILES string of the molecule is O=C(NCC(=O)N(C1CCCNCC1=O)S(=O)(=O)c1ccccn1)c1cc2ccccc2o1. The summed E-state index contributed by atoms with van der Waals surface area (Å²) in [5, 5.41) is 5.67. The zero-order valence-corrected chi connectivity index (χ0v) is 18.4. The molecule has 0 spiro atoms. The molecule has 3 aromatic rings. The third kappa shape index (κ3) is 4.78. The third-order valence-corrected chi connectivity index (χ3v) is 6.99. The van der Waals surface area contributed by atoms with Gasteiger partial charge >= 0.3 is 0 Å². The van der Waals surface area contributed by atoms with Crippen molar-refractivity contribution >= 4 is 38.6 Å². The average molecular weight is 471 g/mol. The predicted molar refractivity (Wildman–Crippen MR) is 118 cm³/mol. The molecule has 33 heavy (non-hydrogen) atoms. The number of amides is 2. The minimum Gasteiger partial charge on any atom is -0.451 e. The highest BCUT2D eigenvalue weighted by atomic mass is 32.2. The molecule has 1 aromatic carbocycles. The van der Waals surface area contributed by atoms with Crippen molar-refractivity contribution in [1.82, 2.24) is 19.9 Å². The van der Waals surface area contributed by atoms with Crippen LogP contribution in [0.25, 0.3) is 11.0 Å². The number of Topliss-reactive ketones (excluding diaryl/α,β-unsaturated/α-hetero) is 1. The lowest BCUT2D eigenvalue weighted by Gasteiger charge is -2.29. The highest BCUT2D eigenvalue weighted by molar-refractivity contribution is 7.89. The minimum absolute atomic E-state index is 0.0159. The van der Waals surface area contributed by atoms with Crippen LogP contribution in [0, 0.1) is 0 Å². The summed E-state index contributed by atoms with van der Waals surface area (Å²) in [6.45, 7) is -0.173. The molecule has 3 heterocycles. The summed E-state index contributed by atoms with van der Waals surface area (Å²) in [5.74, 6) is -2.06. The standard InChI is InChI=1S/C22H22N4O6S/c27-17-13-23-10-5-7-16(17)26(33(30,31)20-9-3-4-11-24-20)21(28)14-25-22(29)19-12-15-6-1-2-8-18(15)32-19/h1-4,6,8-9,11-12,16,23H,5,7,10,13-14H2,(H,25,29). The van der Waals surface area contributed by atoms with Crippen molar-refractivity contribution < 1.29 is 27.2 Å². The lowest BCUT2D eigenvalue weighted by molar-refractivity contribution is -0.133. The molecule has 2 aromatic heterocycles. The number of nitrogens with one attached hydrogen (secondary N) is 2. The van der Waals surface area contributed by atoms with Gasteiger partial charge in [0.2, 0.25) is 0 Å². The first-order valence-corrected chi connectivity index (χ1v) is 11.8. The normalized spacial score (nSPS) is 16.8. The molecule has 1 aliphatic rings. The number of carbonyl (C=O) groups is 3. The summed E-state index contributed by atoms with van der Waals surface area (Å²) in [6, 6.07) is 11.6. The van der Waals surface area contributed by atoms with E-state index in [1.54, 1.807) is 30.3 Å². The van der Waals surface area contributed by atoms with E-state index in [1.807, 2.05) is 0 Å². The fourth-order valence-corrected chi connectivity index (χ4v) is 5.19. The Kier molecular flexibility index (Phi) is 6.52. The first kappa shape index (κ1) is 22.6. The van der Waals surface area contributed by atoms with E-state index in [9.17, 15) is 22.8 Å². The number of carbonyl (C=O) groups excluding carboxylic acids is 3. The molecule has 0 radical (unpaired) electrons. The summed E-state index contributed by atoms with van der Waals surface area (Å²) in [7, 11) is -4.43. The molecule has 10 nitrogen and oxygen atoms in total. The van der Waals surface area contributed by atoms with Gasteiger partial charge in [-0.1, -0.05) is 24.3 Å². The van der Waals surface area contributed by atoms with Gasteiger partial charge in [0.1, 0.15) is 11.6 Å². The number of benzene rings is 1. The average Bonchev–Trinajstić information content (AvgIpc) is 3.15. The van der Waals surface area contributed by atoms with Gasteiger partial charge in [0.15, 0.2) is 16.6 Å². The summed E-state index contributed by atoms with van der Waals surface area (Å²) in [4.78, 5) is 42.2. The van der Waals surface area contributed by atoms with Gasteiger partial charge in [0.25, 0.3) is 21.8 Å². The quantitative estimate of drug-likeness (QED) is 0.546. The Morgan fingerprint density at radius 3 is 2.73 bits per heavy atom. The van der Waals surface area contributed by atoms with Gasteiger partial charge in [-0.25, -0.2) is 9.29 Å². The third-order valence-electron chi connectivity index (χ3n) is 5.24. The number of sulfonamides is 1. The first-order chi connectivity index (χ1) is 15.9. The Morgan fingerprint density at radius 2 is 1.97 bits per heavy atom. The van der Waals surface area contributed by atoms with Gasteiger partial charge in [0, 0.05) is 11.6 Å². The number of fused-ring (bicyclic) bond motifs is 1. The summed E-state index contributed by atoms with van der Waals surface area (Å²) in [5.41, 5.74) is 0.505. The molecule has 11 heteroatoms. The van der Waals surface area contributed by atoms with Crippen molar-refractivity contribution in [3.05, 3.63) is 60.5 Å². The Morgan fingerprint density at radius 1 is 1.18 bits per heavy atom. The highest BCUT2D eigenvalue weighted by Crippen LogP contribution is 2.22. The molecule has 0 bridgehead atoms. The maximum atomic E-state index is 13.3. The molecule has 0 aliphatic carbocycles. The number of para-hydroxylation sites is 1. The second-order valence-electron chi connectivity index (χ2n) is 7.49. The maximum absolute atomic E-state index is 13.3. The van der Waals surface area contributed by atoms with E-state index >= 15 is 0 Å². The monoisotopic (exact) mass is 470 g/mol. The van der Waals surface area contributed by atoms with Crippen LogP contribution in [0.3, 0.4) is 0 Å². The van der Waals surface area contributed by atoms with E-state index in [-0.39, 0.29) is 23.8 Å². The molecule has 1 atom stereocenters. The minimum atomic E-state index is -4.43. The van der Waals surface area contributed by atoms with Gasteiger partial charge in [-0.15, -0.1) is 0 Å². The molecule has 1 unspecified atom stereocenters.